The summed E-state index contributed by atoms with van der Waals surface area (Å²) in [5, 5.41) is 3.05. The maximum Gasteiger partial charge on any atom is 0.317 e. The van der Waals surface area contributed by atoms with Crippen LogP contribution in [-0.2, 0) is 0 Å². The number of allylic oxidation sites excluding steroid dienone is 1. The van der Waals surface area contributed by atoms with E-state index >= 15 is 0 Å². The minimum absolute atomic E-state index is 0.140. The summed E-state index contributed by atoms with van der Waals surface area (Å²) >= 11 is 0. The Morgan fingerprint density at radius 3 is 2.71 bits per heavy atom. The number of hydrogen-bond donors (Lipinski definition) is 1. The van der Waals surface area contributed by atoms with Crippen LogP contribution in [0.4, 0.5) is 4.79 Å². The summed E-state index contributed by atoms with van der Waals surface area (Å²) in [6, 6.07) is 0.140. The van der Waals surface area contributed by atoms with E-state index < -0.39 is 0 Å². The lowest BCUT2D eigenvalue weighted by atomic mass is 9.97. The smallest absolute Gasteiger partial charge is 0.317 e. The van der Waals surface area contributed by atoms with Gasteiger partial charge in [-0.25, -0.2) is 4.79 Å². The Kier molecular flexibility index (Phi) is 4.89. The largest absolute Gasteiger partial charge is 0.338 e. The minimum atomic E-state index is 0.140. The number of urea groups is 1. The third-order valence-corrected chi connectivity index (χ3v) is 3.75. The van der Waals surface area contributed by atoms with E-state index in [0.29, 0.717) is 0 Å². The Bertz CT molecular complexity index is 280. The molecule has 0 spiro atoms. The first-order chi connectivity index (χ1) is 8.36. The van der Waals surface area contributed by atoms with Crippen molar-refractivity contribution in [2.45, 2.75) is 51.4 Å². The Hall–Kier alpha value is -0.990. The fourth-order valence-electron chi connectivity index (χ4n) is 2.67. The van der Waals surface area contributed by atoms with Crippen LogP contribution in [0.1, 0.15) is 51.4 Å². The van der Waals surface area contributed by atoms with E-state index in [-0.39, 0.29) is 6.03 Å². The first-order valence-electron chi connectivity index (χ1n) is 7.07. The van der Waals surface area contributed by atoms with Crippen LogP contribution in [0, 0.1) is 0 Å². The van der Waals surface area contributed by atoms with E-state index in [1.165, 1.54) is 50.5 Å². The summed E-state index contributed by atoms with van der Waals surface area (Å²) in [7, 11) is 0. The van der Waals surface area contributed by atoms with E-state index in [0.717, 1.165) is 26.1 Å². The van der Waals surface area contributed by atoms with Gasteiger partial charge in [0.1, 0.15) is 0 Å². The second kappa shape index (κ2) is 6.67. The molecule has 0 aromatic heterocycles. The van der Waals surface area contributed by atoms with Crippen molar-refractivity contribution in [3.05, 3.63) is 11.6 Å². The predicted octanol–water partition coefficient (Wildman–Crippen LogP) is 3.07. The van der Waals surface area contributed by atoms with Crippen LogP contribution in [-0.4, -0.2) is 30.6 Å². The molecule has 2 aliphatic rings. The quantitative estimate of drug-likeness (QED) is 0.750. The molecular formula is C14H24N2O. The average molecular weight is 236 g/mol. The summed E-state index contributed by atoms with van der Waals surface area (Å²) < 4.78 is 0. The van der Waals surface area contributed by atoms with Gasteiger partial charge in [-0.3, -0.25) is 0 Å². The zero-order valence-electron chi connectivity index (χ0n) is 10.7. The first kappa shape index (κ1) is 12.5. The van der Waals surface area contributed by atoms with Gasteiger partial charge in [0.15, 0.2) is 0 Å². The molecule has 2 rings (SSSR count). The number of carbonyl (C=O) groups is 1. The number of likely N-dealkylation sites (tertiary alicyclic amines) is 1. The molecule has 1 fully saturated rings. The summed E-state index contributed by atoms with van der Waals surface area (Å²) in [6.45, 7) is 2.68. The molecule has 0 radical (unpaired) electrons. The van der Waals surface area contributed by atoms with Gasteiger partial charge >= 0.3 is 6.03 Å². The molecule has 1 heterocycles. The van der Waals surface area contributed by atoms with Crippen molar-refractivity contribution in [2.75, 3.05) is 19.6 Å². The molecule has 1 saturated heterocycles. The molecule has 1 aliphatic heterocycles. The molecule has 0 saturated carbocycles. The van der Waals surface area contributed by atoms with Gasteiger partial charge in [-0.1, -0.05) is 11.6 Å². The molecule has 0 bridgehead atoms. The Balaban J connectivity index is 1.63. The predicted molar refractivity (Wildman–Crippen MR) is 70.0 cm³/mol. The highest BCUT2D eigenvalue weighted by Crippen LogP contribution is 2.19. The van der Waals surface area contributed by atoms with Gasteiger partial charge in [0, 0.05) is 19.6 Å². The fourth-order valence-corrected chi connectivity index (χ4v) is 2.67. The first-order valence-corrected chi connectivity index (χ1v) is 7.07. The number of hydrogen-bond acceptors (Lipinski definition) is 1. The molecule has 3 heteroatoms. The number of nitrogens with zero attached hydrogens (tertiary/aromatic N) is 1. The van der Waals surface area contributed by atoms with E-state index in [4.69, 9.17) is 0 Å². The minimum Gasteiger partial charge on any atom is -0.338 e. The van der Waals surface area contributed by atoms with Crippen LogP contribution >= 0.6 is 0 Å². The molecule has 0 aromatic rings. The van der Waals surface area contributed by atoms with Gasteiger partial charge in [-0.15, -0.1) is 0 Å². The summed E-state index contributed by atoms with van der Waals surface area (Å²) in [6.07, 6.45) is 12.1. The van der Waals surface area contributed by atoms with Crippen LogP contribution in [0.15, 0.2) is 11.6 Å². The monoisotopic (exact) mass is 236 g/mol. The van der Waals surface area contributed by atoms with Crippen LogP contribution in [0.25, 0.3) is 0 Å². The summed E-state index contributed by atoms with van der Waals surface area (Å²) in [5.41, 5.74) is 1.54. The third kappa shape index (κ3) is 4.06. The van der Waals surface area contributed by atoms with Crippen molar-refractivity contribution in [3.8, 4) is 0 Å². The van der Waals surface area contributed by atoms with Crippen LogP contribution < -0.4 is 5.32 Å². The normalized spacial score (nSPS) is 20.9. The van der Waals surface area contributed by atoms with E-state index in [1.807, 2.05) is 4.90 Å². The molecule has 17 heavy (non-hydrogen) atoms. The molecule has 3 nitrogen and oxygen atoms in total. The highest BCUT2D eigenvalue weighted by molar-refractivity contribution is 5.74. The van der Waals surface area contributed by atoms with Gasteiger partial charge in [-0.2, -0.15) is 0 Å². The van der Waals surface area contributed by atoms with Crippen molar-refractivity contribution in [3.63, 3.8) is 0 Å². The molecule has 96 valence electrons. The number of carbonyl (C=O) groups excluding carboxylic acids is 1. The molecular weight excluding hydrogens is 212 g/mol. The average Bonchev–Trinajstić information content (AvgIpc) is 2.41. The molecule has 2 amide bonds. The van der Waals surface area contributed by atoms with Crippen molar-refractivity contribution in [2.24, 2.45) is 0 Å². The Morgan fingerprint density at radius 1 is 1.18 bits per heavy atom. The zero-order chi connectivity index (χ0) is 11.9. The zero-order valence-corrected chi connectivity index (χ0v) is 10.7. The molecule has 1 aliphatic carbocycles. The number of nitrogens with one attached hydrogen (secondary N) is 1. The summed E-state index contributed by atoms with van der Waals surface area (Å²) in [4.78, 5) is 13.8. The lowest BCUT2D eigenvalue weighted by molar-refractivity contribution is 0.186. The summed E-state index contributed by atoms with van der Waals surface area (Å²) in [5.74, 6) is 0. The van der Waals surface area contributed by atoms with Gasteiger partial charge in [-0.05, 0) is 51.4 Å². The topological polar surface area (TPSA) is 32.3 Å². The highest BCUT2D eigenvalue weighted by atomic mass is 16.2. The molecule has 1 N–H and O–H groups in total. The Labute approximate surface area is 104 Å². The number of rotatable bonds is 3. The van der Waals surface area contributed by atoms with E-state index in [2.05, 4.69) is 11.4 Å². The standard InChI is InChI=1S/C14H24N2O/c17-14(16-11-5-2-6-12-16)15-10-9-13-7-3-1-4-8-13/h7H,1-6,8-12H2,(H,15,17). The lowest BCUT2D eigenvalue weighted by Crippen LogP contribution is -2.43. The van der Waals surface area contributed by atoms with Crippen LogP contribution in [0.5, 0.6) is 0 Å². The van der Waals surface area contributed by atoms with Gasteiger partial charge in [0.05, 0.1) is 0 Å². The molecule has 0 atom stereocenters. The fraction of sp³-hybridized carbons (Fsp3) is 0.786. The van der Waals surface area contributed by atoms with Crippen molar-refractivity contribution < 1.29 is 4.79 Å². The third-order valence-electron chi connectivity index (χ3n) is 3.75. The van der Waals surface area contributed by atoms with Gasteiger partial charge < -0.3 is 10.2 Å². The van der Waals surface area contributed by atoms with Crippen molar-refractivity contribution in [1.82, 2.24) is 10.2 Å². The number of piperidine rings is 1. The second-order valence-corrected chi connectivity index (χ2v) is 5.14. The molecule has 0 unspecified atom stereocenters. The maximum atomic E-state index is 11.8. The molecule has 0 aromatic carbocycles. The lowest BCUT2D eigenvalue weighted by Gasteiger charge is -2.27. The van der Waals surface area contributed by atoms with Crippen LogP contribution in [0.2, 0.25) is 0 Å². The van der Waals surface area contributed by atoms with E-state index in [1.54, 1.807) is 0 Å². The highest BCUT2D eigenvalue weighted by Gasteiger charge is 2.15. The SMILES string of the molecule is O=C(NCCC1=CCCCC1)N1CCCCC1. The Morgan fingerprint density at radius 2 is 2.00 bits per heavy atom. The number of amides is 2. The van der Waals surface area contributed by atoms with Gasteiger partial charge in [0.2, 0.25) is 0 Å². The van der Waals surface area contributed by atoms with E-state index in [9.17, 15) is 4.79 Å². The maximum absolute atomic E-state index is 11.8. The van der Waals surface area contributed by atoms with Crippen molar-refractivity contribution in [1.29, 1.82) is 0 Å². The van der Waals surface area contributed by atoms with Gasteiger partial charge in [0.25, 0.3) is 0 Å². The second-order valence-electron chi connectivity index (χ2n) is 5.14. The van der Waals surface area contributed by atoms with Crippen molar-refractivity contribution >= 4 is 6.03 Å². The van der Waals surface area contributed by atoms with Crippen LogP contribution in [0.3, 0.4) is 0 Å².